The molecule has 3 rings (SSSR count). The van der Waals surface area contributed by atoms with Crippen molar-refractivity contribution in [2.24, 2.45) is 0 Å². The first-order valence-corrected chi connectivity index (χ1v) is 7.28. The van der Waals surface area contributed by atoms with E-state index in [1.54, 1.807) is 0 Å². The summed E-state index contributed by atoms with van der Waals surface area (Å²) in [6, 6.07) is 12.0. The number of hydrogen-bond donors (Lipinski definition) is 1. The Morgan fingerprint density at radius 2 is 1.86 bits per heavy atom. The monoisotopic (exact) mass is 280 g/mol. The maximum Gasteiger partial charge on any atom is 0.254 e. The van der Waals surface area contributed by atoms with Crippen LogP contribution in [0.15, 0.2) is 36.4 Å². The van der Waals surface area contributed by atoms with Gasteiger partial charge in [0.15, 0.2) is 0 Å². The van der Waals surface area contributed by atoms with Crippen LogP contribution in [0.3, 0.4) is 0 Å². The van der Waals surface area contributed by atoms with Gasteiger partial charge in [-0.3, -0.25) is 4.79 Å². The molecule has 0 saturated carbocycles. The third kappa shape index (κ3) is 2.64. The molecule has 2 aromatic carbocycles. The van der Waals surface area contributed by atoms with E-state index >= 15 is 0 Å². The van der Waals surface area contributed by atoms with E-state index < -0.39 is 0 Å². The first-order chi connectivity index (χ1) is 10.0. The maximum absolute atomic E-state index is 12.7. The van der Waals surface area contributed by atoms with Gasteiger partial charge in [0.25, 0.3) is 5.91 Å². The fourth-order valence-electron chi connectivity index (χ4n) is 3.09. The zero-order chi connectivity index (χ0) is 15.0. The number of nitrogens with zero attached hydrogens (tertiary/aromatic N) is 1. The van der Waals surface area contributed by atoms with Crippen LogP contribution in [0.25, 0.3) is 0 Å². The molecule has 3 heteroatoms. The fourth-order valence-corrected chi connectivity index (χ4v) is 3.09. The molecule has 0 saturated heterocycles. The van der Waals surface area contributed by atoms with Gasteiger partial charge < -0.3 is 10.6 Å². The molecule has 0 aliphatic carbocycles. The molecule has 0 unspecified atom stereocenters. The average Bonchev–Trinajstić information content (AvgIpc) is 2.45. The minimum atomic E-state index is 0.106. The van der Waals surface area contributed by atoms with Gasteiger partial charge in [-0.1, -0.05) is 29.3 Å². The van der Waals surface area contributed by atoms with Crippen molar-refractivity contribution < 1.29 is 4.79 Å². The minimum Gasteiger partial charge on any atom is -0.398 e. The highest BCUT2D eigenvalue weighted by molar-refractivity contribution is 5.94. The molecule has 0 spiro atoms. The van der Waals surface area contributed by atoms with Crippen molar-refractivity contribution in [3.05, 3.63) is 64.2 Å². The van der Waals surface area contributed by atoms with Crippen molar-refractivity contribution in [1.29, 1.82) is 0 Å². The summed E-state index contributed by atoms with van der Waals surface area (Å²) in [7, 11) is 0. The molecule has 2 aromatic rings. The van der Waals surface area contributed by atoms with Crippen LogP contribution in [0.1, 0.15) is 32.6 Å². The van der Waals surface area contributed by atoms with Crippen molar-refractivity contribution in [2.45, 2.75) is 26.8 Å². The molecule has 0 aromatic heterocycles. The zero-order valence-electron chi connectivity index (χ0n) is 12.5. The highest BCUT2D eigenvalue weighted by atomic mass is 16.2. The van der Waals surface area contributed by atoms with Gasteiger partial charge in [0.1, 0.15) is 0 Å². The van der Waals surface area contributed by atoms with Crippen LogP contribution in [0, 0.1) is 13.8 Å². The lowest BCUT2D eigenvalue weighted by Crippen LogP contribution is -2.36. The summed E-state index contributed by atoms with van der Waals surface area (Å²) in [4.78, 5) is 14.6. The number of fused-ring (bicyclic) bond motifs is 1. The predicted molar refractivity (Wildman–Crippen MR) is 85.2 cm³/mol. The standard InChI is InChI=1S/C18H20N2O/c1-12-8-13(2)10-15(9-12)18(21)20-7-6-16-14(11-20)4-3-5-17(16)19/h3-5,8-10H,6-7,11,19H2,1-2H3. The normalized spacial score (nSPS) is 13.9. The lowest BCUT2D eigenvalue weighted by atomic mass is 9.97. The van der Waals surface area contributed by atoms with E-state index in [0.717, 1.165) is 35.3 Å². The Kier molecular flexibility index (Phi) is 3.42. The van der Waals surface area contributed by atoms with E-state index in [2.05, 4.69) is 12.1 Å². The smallest absolute Gasteiger partial charge is 0.254 e. The van der Waals surface area contributed by atoms with Crippen molar-refractivity contribution in [1.82, 2.24) is 4.90 Å². The number of carbonyl (C=O) groups is 1. The second kappa shape index (κ2) is 5.24. The summed E-state index contributed by atoms with van der Waals surface area (Å²) < 4.78 is 0. The van der Waals surface area contributed by atoms with Crippen molar-refractivity contribution in [3.63, 3.8) is 0 Å². The molecular formula is C18H20N2O. The number of nitrogen functional groups attached to an aromatic ring is 1. The van der Waals surface area contributed by atoms with Crippen molar-refractivity contribution in [3.8, 4) is 0 Å². The Bertz CT molecular complexity index is 686. The van der Waals surface area contributed by atoms with E-state index in [1.807, 2.05) is 43.0 Å². The van der Waals surface area contributed by atoms with Gasteiger partial charge in [-0.05, 0) is 49.6 Å². The molecular weight excluding hydrogens is 260 g/mol. The third-order valence-electron chi connectivity index (χ3n) is 4.06. The summed E-state index contributed by atoms with van der Waals surface area (Å²) in [5, 5.41) is 0. The van der Waals surface area contributed by atoms with Crippen molar-refractivity contribution in [2.75, 3.05) is 12.3 Å². The van der Waals surface area contributed by atoms with Crippen LogP contribution in [-0.2, 0) is 13.0 Å². The van der Waals surface area contributed by atoms with Crippen LogP contribution in [0.2, 0.25) is 0 Å². The maximum atomic E-state index is 12.7. The molecule has 1 aliphatic rings. The lowest BCUT2D eigenvalue weighted by Gasteiger charge is -2.29. The molecule has 0 fully saturated rings. The zero-order valence-corrected chi connectivity index (χ0v) is 12.5. The van der Waals surface area contributed by atoms with Gasteiger partial charge >= 0.3 is 0 Å². The summed E-state index contributed by atoms with van der Waals surface area (Å²) >= 11 is 0. The van der Waals surface area contributed by atoms with E-state index in [0.29, 0.717) is 6.54 Å². The second-order valence-corrected chi connectivity index (χ2v) is 5.84. The SMILES string of the molecule is Cc1cc(C)cc(C(=O)N2CCc3c(N)cccc3C2)c1. The molecule has 0 bridgehead atoms. The molecule has 1 heterocycles. The highest BCUT2D eigenvalue weighted by Crippen LogP contribution is 2.25. The number of hydrogen-bond acceptors (Lipinski definition) is 2. The van der Waals surface area contributed by atoms with Gasteiger partial charge in [0.2, 0.25) is 0 Å². The number of benzene rings is 2. The number of aryl methyl sites for hydroxylation is 2. The molecule has 108 valence electrons. The molecule has 2 N–H and O–H groups in total. The Hall–Kier alpha value is -2.29. The number of amides is 1. The Balaban J connectivity index is 1.87. The number of carbonyl (C=O) groups excluding carboxylic acids is 1. The molecule has 21 heavy (non-hydrogen) atoms. The molecule has 0 radical (unpaired) electrons. The summed E-state index contributed by atoms with van der Waals surface area (Å²) in [5.41, 5.74) is 12.2. The largest absolute Gasteiger partial charge is 0.398 e. The van der Waals surface area contributed by atoms with E-state index in [-0.39, 0.29) is 5.91 Å². The number of nitrogens with two attached hydrogens (primary N) is 1. The molecule has 3 nitrogen and oxygen atoms in total. The highest BCUT2D eigenvalue weighted by Gasteiger charge is 2.23. The molecule has 1 aliphatic heterocycles. The summed E-state index contributed by atoms with van der Waals surface area (Å²) in [6.45, 7) is 5.42. The van der Waals surface area contributed by atoms with Gasteiger partial charge in [-0.2, -0.15) is 0 Å². The topological polar surface area (TPSA) is 46.3 Å². The molecule has 1 amide bonds. The summed E-state index contributed by atoms with van der Waals surface area (Å²) in [6.07, 6.45) is 0.832. The Morgan fingerprint density at radius 1 is 1.14 bits per heavy atom. The average molecular weight is 280 g/mol. The van der Waals surface area contributed by atoms with E-state index in [1.165, 1.54) is 11.1 Å². The van der Waals surface area contributed by atoms with Crippen molar-refractivity contribution >= 4 is 11.6 Å². The van der Waals surface area contributed by atoms with Crippen LogP contribution in [-0.4, -0.2) is 17.4 Å². The van der Waals surface area contributed by atoms with Gasteiger partial charge in [0.05, 0.1) is 0 Å². The van der Waals surface area contributed by atoms with Crippen LogP contribution < -0.4 is 5.73 Å². The first-order valence-electron chi connectivity index (χ1n) is 7.28. The van der Waals surface area contributed by atoms with E-state index in [4.69, 9.17) is 5.73 Å². The molecule has 0 atom stereocenters. The van der Waals surface area contributed by atoms with Crippen LogP contribution >= 0.6 is 0 Å². The third-order valence-corrected chi connectivity index (χ3v) is 4.06. The van der Waals surface area contributed by atoms with Crippen LogP contribution in [0.4, 0.5) is 5.69 Å². The Morgan fingerprint density at radius 3 is 2.57 bits per heavy atom. The van der Waals surface area contributed by atoms with Gasteiger partial charge in [-0.25, -0.2) is 0 Å². The first kappa shape index (κ1) is 13.7. The quantitative estimate of drug-likeness (QED) is 0.816. The van der Waals surface area contributed by atoms with Gasteiger partial charge in [0, 0.05) is 24.3 Å². The summed E-state index contributed by atoms with van der Waals surface area (Å²) in [5.74, 6) is 0.106. The lowest BCUT2D eigenvalue weighted by molar-refractivity contribution is 0.0734. The second-order valence-electron chi connectivity index (χ2n) is 5.84. The number of rotatable bonds is 1. The predicted octanol–water partition coefficient (Wildman–Crippen LogP) is 3.08. The fraction of sp³-hybridized carbons (Fsp3) is 0.278. The Labute approximate surface area is 125 Å². The number of anilines is 1. The van der Waals surface area contributed by atoms with Crippen LogP contribution in [0.5, 0.6) is 0 Å². The van der Waals surface area contributed by atoms with Gasteiger partial charge in [-0.15, -0.1) is 0 Å². The van der Waals surface area contributed by atoms with E-state index in [9.17, 15) is 4.79 Å². The minimum absolute atomic E-state index is 0.106.